The van der Waals surface area contributed by atoms with E-state index >= 15 is 0 Å². The summed E-state index contributed by atoms with van der Waals surface area (Å²) < 4.78 is 5.63. The fourth-order valence-corrected chi connectivity index (χ4v) is 2.32. The van der Waals surface area contributed by atoms with Crippen molar-refractivity contribution < 1.29 is 14.3 Å². The molecule has 0 radical (unpaired) electrons. The van der Waals surface area contributed by atoms with Gasteiger partial charge in [-0.3, -0.25) is 4.79 Å². The third kappa shape index (κ3) is 3.64. The van der Waals surface area contributed by atoms with Crippen LogP contribution in [0.25, 0.3) is 11.0 Å². The van der Waals surface area contributed by atoms with E-state index in [1.54, 1.807) is 0 Å². The summed E-state index contributed by atoms with van der Waals surface area (Å²) in [6.45, 7) is 6.66. The average molecular weight is 289 g/mol. The molecule has 0 aliphatic rings. The van der Waals surface area contributed by atoms with Gasteiger partial charge in [0.15, 0.2) is 5.76 Å². The van der Waals surface area contributed by atoms with E-state index in [2.05, 4.69) is 5.32 Å². The maximum atomic E-state index is 12.2. The van der Waals surface area contributed by atoms with E-state index in [0.717, 1.165) is 29.4 Å². The van der Waals surface area contributed by atoms with Crippen molar-refractivity contribution in [1.82, 2.24) is 5.32 Å². The predicted molar refractivity (Wildman–Crippen MR) is 83.4 cm³/mol. The molecule has 4 nitrogen and oxygen atoms in total. The second-order valence-corrected chi connectivity index (χ2v) is 6.23. The largest absolute Gasteiger partial charge is 0.451 e. The molecule has 0 saturated heterocycles. The number of aliphatic hydroxyl groups excluding tert-OH is 1. The van der Waals surface area contributed by atoms with Gasteiger partial charge in [-0.25, -0.2) is 0 Å². The normalized spacial score (nSPS) is 11.8. The van der Waals surface area contributed by atoms with E-state index in [-0.39, 0.29) is 17.9 Å². The van der Waals surface area contributed by atoms with E-state index in [1.165, 1.54) is 0 Å². The van der Waals surface area contributed by atoms with Crippen LogP contribution in [0.1, 0.15) is 42.8 Å². The molecule has 2 rings (SSSR count). The lowest BCUT2D eigenvalue weighted by Gasteiger charge is -2.21. The minimum Gasteiger partial charge on any atom is -0.451 e. The smallest absolute Gasteiger partial charge is 0.287 e. The van der Waals surface area contributed by atoms with Gasteiger partial charge in [0, 0.05) is 24.1 Å². The highest BCUT2D eigenvalue weighted by Gasteiger charge is 2.18. The van der Waals surface area contributed by atoms with Crippen molar-refractivity contribution in [3.63, 3.8) is 0 Å². The van der Waals surface area contributed by atoms with Crippen LogP contribution in [-0.4, -0.2) is 24.2 Å². The van der Waals surface area contributed by atoms with Crippen LogP contribution in [0.2, 0.25) is 0 Å². The summed E-state index contributed by atoms with van der Waals surface area (Å²) in [5.74, 6) is 0.211. The summed E-state index contributed by atoms with van der Waals surface area (Å²) in [5.41, 5.74) is 1.51. The lowest BCUT2D eigenvalue weighted by atomic mass is 9.89. The first-order valence-electron chi connectivity index (χ1n) is 7.32. The van der Waals surface area contributed by atoms with Crippen LogP contribution in [0.4, 0.5) is 0 Å². The van der Waals surface area contributed by atoms with Gasteiger partial charge in [-0.1, -0.05) is 32.0 Å². The fourth-order valence-electron chi connectivity index (χ4n) is 2.32. The molecule has 1 amide bonds. The van der Waals surface area contributed by atoms with Crippen LogP contribution in [0.3, 0.4) is 0 Å². The Labute approximate surface area is 125 Å². The minimum absolute atomic E-state index is 0.0972. The number of amides is 1. The van der Waals surface area contributed by atoms with Crippen LogP contribution in [0.5, 0.6) is 0 Å². The zero-order valence-corrected chi connectivity index (χ0v) is 12.9. The minimum atomic E-state index is -0.175. The fraction of sp³-hybridized carbons (Fsp3) is 0.471. The number of fused-ring (bicyclic) bond motifs is 1. The summed E-state index contributed by atoms with van der Waals surface area (Å²) in [6.07, 6.45) is 1.70. The van der Waals surface area contributed by atoms with Gasteiger partial charge in [0.25, 0.3) is 5.91 Å². The first kappa shape index (κ1) is 15.6. The Balaban J connectivity index is 1.95. The molecule has 21 heavy (non-hydrogen) atoms. The molecule has 0 bridgehead atoms. The molecule has 0 aliphatic carbocycles. The van der Waals surface area contributed by atoms with Gasteiger partial charge in [-0.2, -0.15) is 0 Å². The number of aliphatic hydroxyl groups is 1. The standard InChI is InChI=1S/C17H23NO3/c1-12-13-7-4-5-8-14(13)21-15(12)16(20)18-10-6-9-17(2,3)11-19/h4-5,7-8,19H,6,9-11H2,1-3H3,(H,18,20). The van der Waals surface area contributed by atoms with Crippen molar-refractivity contribution in [2.75, 3.05) is 13.2 Å². The van der Waals surface area contributed by atoms with Crippen molar-refractivity contribution in [2.24, 2.45) is 5.41 Å². The number of carbonyl (C=O) groups is 1. The van der Waals surface area contributed by atoms with Gasteiger partial charge in [0.05, 0.1) is 0 Å². The number of hydrogen-bond acceptors (Lipinski definition) is 3. The van der Waals surface area contributed by atoms with Crippen LogP contribution in [-0.2, 0) is 0 Å². The molecule has 0 aliphatic heterocycles. The molecule has 0 atom stereocenters. The summed E-state index contributed by atoms with van der Waals surface area (Å²) in [7, 11) is 0. The van der Waals surface area contributed by atoms with Crippen molar-refractivity contribution in [3.8, 4) is 0 Å². The van der Waals surface area contributed by atoms with E-state index in [0.29, 0.717) is 12.3 Å². The third-order valence-electron chi connectivity index (χ3n) is 3.79. The highest BCUT2D eigenvalue weighted by atomic mass is 16.3. The van der Waals surface area contributed by atoms with Gasteiger partial charge in [-0.15, -0.1) is 0 Å². The van der Waals surface area contributed by atoms with Crippen molar-refractivity contribution in [2.45, 2.75) is 33.6 Å². The molecular formula is C17H23NO3. The highest BCUT2D eigenvalue weighted by Crippen LogP contribution is 2.25. The molecule has 0 fully saturated rings. The summed E-state index contributed by atoms with van der Waals surface area (Å²) >= 11 is 0. The van der Waals surface area contributed by atoms with E-state index in [1.807, 2.05) is 45.0 Å². The average Bonchev–Trinajstić information content (AvgIpc) is 2.81. The van der Waals surface area contributed by atoms with Crippen molar-refractivity contribution in [3.05, 3.63) is 35.6 Å². The van der Waals surface area contributed by atoms with Crippen molar-refractivity contribution >= 4 is 16.9 Å². The lowest BCUT2D eigenvalue weighted by molar-refractivity contribution is 0.0922. The number of para-hydroxylation sites is 1. The highest BCUT2D eigenvalue weighted by molar-refractivity contribution is 5.98. The zero-order valence-electron chi connectivity index (χ0n) is 12.9. The predicted octanol–water partition coefficient (Wildman–Crippen LogP) is 3.27. The number of furan rings is 1. The Kier molecular flexibility index (Phi) is 4.68. The monoisotopic (exact) mass is 289 g/mol. The maximum Gasteiger partial charge on any atom is 0.287 e. The molecule has 0 spiro atoms. The Bertz CT molecular complexity index is 628. The summed E-state index contributed by atoms with van der Waals surface area (Å²) in [4.78, 5) is 12.2. The molecular weight excluding hydrogens is 266 g/mol. The maximum absolute atomic E-state index is 12.2. The van der Waals surface area contributed by atoms with Crippen molar-refractivity contribution in [1.29, 1.82) is 0 Å². The Morgan fingerprint density at radius 3 is 2.71 bits per heavy atom. The van der Waals surface area contributed by atoms with Crippen LogP contribution >= 0.6 is 0 Å². The number of aryl methyl sites for hydroxylation is 1. The number of rotatable bonds is 6. The molecule has 114 valence electrons. The van der Waals surface area contributed by atoms with Gasteiger partial charge in [0.1, 0.15) is 5.58 Å². The Hall–Kier alpha value is -1.81. The molecule has 2 N–H and O–H groups in total. The number of nitrogens with one attached hydrogen (secondary N) is 1. The SMILES string of the molecule is Cc1c(C(=O)NCCCC(C)(C)CO)oc2ccccc12. The van der Waals surface area contributed by atoms with Gasteiger partial charge in [0.2, 0.25) is 0 Å². The third-order valence-corrected chi connectivity index (χ3v) is 3.79. The molecule has 4 heteroatoms. The van der Waals surface area contributed by atoms with E-state index < -0.39 is 0 Å². The van der Waals surface area contributed by atoms with E-state index in [9.17, 15) is 9.90 Å². The second-order valence-electron chi connectivity index (χ2n) is 6.23. The Morgan fingerprint density at radius 2 is 2.05 bits per heavy atom. The molecule has 1 aromatic heterocycles. The summed E-state index contributed by atoms with van der Waals surface area (Å²) in [5, 5.41) is 13.1. The number of hydrogen-bond donors (Lipinski definition) is 2. The van der Waals surface area contributed by atoms with Crippen LogP contribution < -0.4 is 5.32 Å². The lowest BCUT2D eigenvalue weighted by Crippen LogP contribution is -2.26. The Morgan fingerprint density at radius 1 is 1.33 bits per heavy atom. The first-order chi connectivity index (χ1) is 9.94. The van der Waals surface area contributed by atoms with Crippen LogP contribution in [0.15, 0.2) is 28.7 Å². The quantitative estimate of drug-likeness (QED) is 0.802. The number of carbonyl (C=O) groups excluding carboxylic acids is 1. The topological polar surface area (TPSA) is 62.5 Å². The first-order valence-corrected chi connectivity index (χ1v) is 7.32. The van der Waals surface area contributed by atoms with Crippen LogP contribution in [0, 0.1) is 12.3 Å². The molecule has 1 aromatic carbocycles. The zero-order chi connectivity index (χ0) is 15.5. The molecule has 2 aromatic rings. The second kappa shape index (κ2) is 6.31. The van der Waals surface area contributed by atoms with Gasteiger partial charge < -0.3 is 14.8 Å². The van der Waals surface area contributed by atoms with E-state index in [4.69, 9.17) is 4.42 Å². The molecule has 1 heterocycles. The summed E-state index contributed by atoms with van der Waals surface area (Å²) in [6, 6.07) is 7.64. The van der Waals surface area contributed by atoms with Gasteiger partial charge >= 0.3 is 0 Å². The number of benzene rings is 1. The molecule has 0 saturated carbocycles. The van der Waals surface area contributed by atoms with Gasteiger partial charge in [-0.05, 0) is 31.2 Å². The molecule has 0 unspecified atom stereocenters.